The number of thioether (sulfide) groups is 1. The first kappa shape index (κ1) is 27.2. The van der Waals surface area contributed by atoms with Gasteiger partial charge in [-0.15, -0.1) is 11.8 Å². The minimum Gasteiger partial charge on any atom is -0.480 e. The number of sulfonamides is 1. The highest BCUT2D eigenvalue weighted by molar-refractivity contribution is 8.18. The van der Waals surface area contributed by atoms with Crippen LogP contribution in [-0.2, 0) is 19.6 Å². The summed E-state index contributed by atoms with van der Waals surface area (Å²) in [6.45, 7) is 1.83. The summed E-state index contributed by atoms with van der Waals surface area (Å²) in [5.41, 5.74) is -0.105. The number of nitrogens with zero attached hydrogens (tertiary/aromatic N) is 3. The number of halogens is 1. The van der Waals surface area contributed by atoms with Crippen molar-refractivity contribution in [1.82, 2.24) is 14.1 Å². The summed E-state index contributed by atoms with van der Waals surface area (Å²) in [5, 5.41) is 11.0. The van der Waals surface area contributed by atoms with Crippen molar-refractivity contribution >= 4 is 50.2 Å². The molecule has 11 heteroatoms. The Morgan fingerprint density at radius 3 is 2.37 bits per heavy atom. The minimum atomic E-state index is -4.20. The smallest absolute Gasteiger partial charge is 0.325 e. The highest BCUT2D eigenvalue weighted by Gasteiger charge is 2.69. The van der Waals surface area contributed by atoms with E-state index in [-0.39, 0.29) is 18.7 Å². The van der Waals surface area contributed by atoms with E-state index >= 15 is 0 Å². The zero-order valence-corrected chi connectivity index (χ0v) is 23.4. The molecule has 1 aliphatic carbocycles. The van der Waals surface area contributed by atoms with Crippen LogP contribution in [0.2, 0.25) is 5.02 Å². The summed E-state index contributed by atoms with van der Waals surface area (Å²) < 4.78 is 28.5. The molecule has 3 atom stereocenters. The number of carboxylic acid groups (broad SMARTS) is 1. The maximum Gasteiger partial charge on any atom is 0.325 e. The van der Waals surface area contributed by atoms with Gasteiger partial charge in [-0.2, -0.15) is 4.31 Å². The van der Waals surface area contributed by atoms with Crippen LogP contribution >= 0.6 is 23.4 Å². The van der Waals surface area contributed by atoms with E-state index in [1.807, 2.05) is 55.6 Å². The minimum absolute atomic E-state index is 0.121. The zero-order valence-electron chi connectivity index (χ0n) is 21.0. The van der Waals surface area contributed by atoms with Gasteiger partial charge in [0.2, 0.25) is 15.9 Å². The average Bonchev–Trinajstić information content (AvgIpc) is 3.46. The van der Waals surface area contributed by atoms with E-state index in [1.54, 1.807) is 17.0 Å². The molecule has 1 unspecified atom stereocenters. The van der Waals surface area contributed by atoms with E-state index in [0.717, 1.165) is 20.3 Å². The first-order valence-electron chi connectivity index (χ1n) is 12.5. The molecule has 0 aromatic heterocycles. The molecule has 1 saturated carbocycles. The lowest BCUT2D eigenvalue weighted by Gasteiger charge is -2.36. The molecule has 8 nitrogen and oxygen atoms in total. The second-order valence-corrected chi connectivity index (χ2v) is 14.0. The molecule has 2 aromatic carbocycles. The highest BCUT2D eigenvalue weighted by atomic mass is 35.5. The van der Waals surface area contributed by atoms with Crippen LogP contribution in [0, 0.1) is 0 Å². The number of rotatable bonds is 8. The Morgan fingerprint density at radius 1 is 1.08 bits per heavy atom. The molecule has 1 saturated heterocycles. The van der Waals surface area contributed by atoms with Gasteiger partial charge in [-0.05, 0) is 43.1 Å². The maximum atomic E-state index is 14.2. The summed E-state index contributed by atoms with van der Waals surface area (Å²) in [4.78, 5) is 30.8. The number of piperazine rings is 1. The molecule has 38 heavy (non-hydrogen) atoms. The van der Waals surface area contributed by atoms with Crippen LogP contribution in [0.1, 0.15) is 29.9 Å². The maximum absolute atomic E-state index is 14.2. The number of hydrogen-bond donors (Lipinski definition) is 1. The lowest BCUT2D eigenvalue weighted by molar-refractivity contribution is -0.144. The molecule has 0 spiro atoms. The van der Waals surface area contributed by atoms with Crippen molar-refractivity contribution in [3.63, 3.8) is 0 Å². The molecule has 0 bridgehead atoms. The van der Waals surface area contributed by atoms with Crippen LogP contribution in [0.5, 0.6) is 0 Å². The van der Waals surface area contributed by atoms with Crippen LogP contribution in [0.15, 0.2) is 60.7 Å². The van der Waals surface area contributed by atoms with Gasteiger partial charge in [-0.1, -0.05) is 60.1 Å². The molecule has 2 aromatic rings. The normalized spacial score (nSPS) is 25.9. The van der Waals surface area contributed by atoms with Crippen LogP contribution in [0.3, 0.4) is 0 Å². The number of amides is 1. The van der Waals surface area contributed by atoms with Gasteiger partial charge in [-0.3, -0.25) is 9.59 Å². The van der Waals surface area contributed by atoms with E-state index in [1.165, 1.54) is 11.8 Å². The second-order valence-electron chi connectivity index (χ2n) is 9.99. The Labute approximate surface area is 232 Å². The van der Waals surface area contributed by atoms with Crippen molar-refractivity contribution in [3.05, 3.63) is 76.8 Å². The van der Waals surface area contributed by atoms with Gasteiger partial charge in [0, 0.05) is 42.0 Å². The Balaban J connectivity index is 1.45. The van der Waals surface area contributed by atoms with Crippen LogP contribution < -0.4 is 0 Å². The number of benzene rings is 2. The first-order valence-corrected chi connectivity index (χ1v) is 15.3. The van der Waals surface area contributed by atoms with Gasteiger partial charge < -0.3 is 14.9 Å². The van der Waals surface area contributed by atoms with Crippen molar-refractivity contribution in [3.8, 4) is 0 Å². The van der Waals surface area contributed by atoms with Gasteiger partial charge in [-0.25, -0.2) is 8.42 Å². The monoisotopic (exact) mass is 575 g/mol. The van der Waals surface area contributed by atoms with E-state index in [0.29, 0.717) is 31.2 Å². The molecule has 2 fully saturated rings. The number of hydrogen-bond acceptors (Lipinski definition) is 6. The molecule has 202 valence electrons. The fraction of sp³-hybridized carbons (Fsp3) is 0.407. The van der Waals surface area contributed by atoms with Crippen molar-refractivity contribution in [2.45, 2.75) is 28.9 Å². The van der Waals surface area contributed by atoms with Gasteiger partial charge in [0.1, 0.15) is 10.1 Å². The molecular formula is C27H30ClN3O5S2. The largest absolute Gasteiger partial charge is 0.480 e. The number of allylic oxidation sites excluding steroid dienone is 1. The molecular weight excluding hydrogens is 546 g/mol. The topological polar surface area (TPSA) is 98.2 Å². The van der Waals surface area contributed by atoms with E-state index < -0.39 is 38.6 Å². The van der Waals surface area contributed by atoms with Crippen LogP contribution in [0.4, 0.5) is 0 Å². The quantitative estimate of drug-likeness (QED) is 0.514. The summed E-state index contributed by atoms with van der Waals surface area (Å²) >= 11 is 7.19. The Hall–Kier alpha value is -2.37. The van der Waals surface area contributed by atoms with Gasteiger partial charge in [0.25, 0.3) is 0 Å². The summed E-state index contributed by atoms with van der Waals surface area (Å²) in [6, 6.07) is 16.2. The van der Waals surface area contributed by atoms with Gasteiger partial charge in [0.05, 0.1) is 6.54 Å². The zero-order chi connectivity index (χ0) is 27.1. The van der Waals surface area contributed by atoms with Crippen molar-refractivity contribution in [2.75, 3.05) is 39.8 Å². The van der Waals surface area contributed by atoms with Crippen molar-refractivity contribution in [1.29, 1.82) is 0 Å². The number of carboxylic acids is 1. The standard InChI is InChI=1S/C27H30ClN3O5S2/c1-29-13-15-30(16-14-29)24(32)18-31(27(26(33)34)17-22(27)19-5-3-2-4-6-19)38(35,36)25-12-11-23(37-25)20-7-9-21(28)10-8-20/h2-11,22,25H,12-18H2,1H3,(H,33,34)/t22-,25?,27+/m0/s1. The van der Waals surface area contributed by atoms with Crippen molar-refractivity contribution < 1.29 is 23.1 Å². The molecule has 2 heterocycles. The van der Waals surface area contributed by atoms with Gasteiger partial charge >= 0.3 is 5.97 Å². The summed E-state index contributed by atoms with van der Waals surface area (Å²) in [5.74, 6) is -2.13. The molecule has 3 aliphatic rings. The molecule has 5 rings (SSSR count). The number of likely N-dealkylation sites (N-methyl/N-ethyl adjacent to an activating group) is 1. The Morgan fingerprint density at radius 2 is 1.74 bits per heavy atom. The number of carbonyl (C=O) groups is 2. The Kier molecular flexibility index (Phi) is 7.63. The number of carbonyl (C=O) groups excluding carboxylic acids is 1. The molecule has 1 amide bonds. The number of aliphatic carboxylic acids is 1. The average molecular weight is 576 g/mol. The van der Waals surface area contributed by atoms with Gasteiger partial charge in [0.15, 0.2) is 0 Å². The predicted octanol–water partition coefficient (Wildman–Crippen LogP) is 3.56. The van der Waals surface area contributed by atoms with Crippen molar-refractivity contribution in [2.24, 2.45) is 0 Å². The van der Waals surface area contributed by atoms with E-state index in [2.05, 4.69) is 4.90 Å². The third-order valence-corrected chi connectivity index (χ3v) is 11.9. The summed E-state index contributed by atoms with van der Waals surface area (Å²) in [6.07, 6.45) is 2.19. The van der Waals surface area contributed by atoms with E-state index in [4.69, 9.17) is 11.6 Å². The first-order chi connectivity index (χ1) is 18.1. The third-order valence-electron chi connectivity index (χ3n) is 7.61. The summed E-state index contributed by atoms with van der Waals surface area (Å²) in [7, 11) is -2.23. The Bertz CT molecular complexity index is 1340. The molecule has 1 N–H and O–H groups in total. The molecule has 0 radical (unpaired) electrons. The lowest BCUT2D eigenvalue weighted by atomic mass is 10.1. The molecule has 2 aliphatic heterocycles. The fourth-order valence-electron chi connectivity index (χ4n) is 5.25. The predicted molar refractivity (Wildman–Crippen MR) is 149 cm³/mol. The van der Waals surface area contributed by atoms with E-state index in [9.17, 15) is 23.1 Å². The van der Waals surface area contributed by atoms with Crippen LogP contribution in [-0.4, -0.2) is 89.4 Å². The highest BCUT2D eigenvalue weighted by Crippen LogP contribution is 2.58. The third kappa shape index (κ3) is 5.12. The SMILES string of the molecule is CN1CCN(C(=O)CN([C@]2(C(=O)O)C[C@H]2c2ccccc2)S(=O)(=O)C2CC=C(c3ccc(Cl)cc3)S2)CC1. The lowest BCUT2D eigenvalue weighted by Crippen LogP contribution is -2.56. The fourth-order valence-corrected chi connectivity index (χ4v) is 9.08. The second kappa shape index (κ2) is 10.7. The van der Waals surface area contributed by atoms with Crippen LogP contribution in [0.25, 0.3) is 4.91 Å².